The van der Waals surface area contributed by atoms with Gasteiger partial charge in [0.1, 0.15) is 0 Å². The molecule has 2 heteroatoms. The van der Waals surface area contributed by atoms with E-state index in [1.165, 1.54) is 42.1 Å². The fourth-order valence-electron chi connectivity index (χ4n) is 2.49. The summed E-state index contributed by atoms with van der Waals surface area (Å²) >= 11 is 0.605. The third-order valence-electron chi connectivity index (χ3n) is 3.45. The van der Waals surface area contributed by atoms with Gasteiger partial charge in [0.25, 0.3) is 0 Å². The second kappa shape index (κ2) is 4.88. The predicted molar refractivity (Wildman–Crippen MR) is 74.9 cm³/mol. The van der Waals surface area contributed by atoms with E-state index in [1.807, 2.05) is 0 Å². The minimum atomic E-state index is 0.605. The molecule has 1 saturated carbocycles. The van der Waals surface area contributed by atoms with Crippen LogP contribution in [-0.2, 0) is 0 Å². The Hall–Kier alpha value is -0.721. The van der Waals surface area contributed by atoms with Gasteiger partial charge in [0, 0.05) is 0 Å². The van der Waals surface area contributed by atoms with Gasteiger partial charge in [-0.15, -0.1) is 0 Å². The molecular weight excluding hydrogens is 273 g/mol. The first-order chi connectivity index (χ1) is 8.33. The van der Waals surface area contributed by atoms with Gasteiger partial charge in [-0.3, -0.25) is 0 Å². The van der Waals surface area contributed by atoms with Gasteiger partial charge in [0.2, 0.25) is 0 Å². The van der Waals surface area contributed by atoms with E-state index < -0.39 is 0 Å². The SMILES string of the molecule is Cc1ccc2c([Se]C3[CH]CCCC3)c[nH]c2c1. The van der Waals surface area contributed by atoms with Gasteiger partial charge in [0.15, 0.2) is 0 Å². The number of hydrogen-bond acceptors (Lipinski definition) is 0. The van der Waals surface area contributed by atoms with Gasteiger partial charge >= 0.3 is 109 Å². The minimum absolute atomic E-state index is 0.605. The average Bonchev–Trinajstić information content (AvgIpc) is 2.73. The molecule has 1 atom stereocenters. The van der Waals surface area contributed by atoms with E-state index in [1.54, 1.807) is 4.46 Å². The third-order valence-corrected chi connectivity index (χ3v) is 6.22. The standard InChI is InChI=1S/C15H18NSe/c1-11-7-8-13-14(9-11)16-10-15(13)17-12-5-3-2-4-6-12/h5,7-10,12,16H,2-4,6H2,1H3. The average molecular weight is 291 g/mol. The van der Waals surface area contributed by atoms with Crippen LogP contribution in [0.15, 0.2) is 24.4 Å². The quantitative estimate of drug-likeness (QED) is 0.817. The van der Waals surface area contributed by atoms with E-state index in [0.29, 0.717) is 15.0 Å². The van der Waals surface area contributed by atoms with Crippen molar-refractivity contribution in [3.8, 4) is 0 Å². The molecule has 1 heterocycles. The number of benzene rings is 1. The summed E-state index contributed by atoms with van der Waals surface area (Å²) in [6, 6.07) is 6.75. The van der Waals surface area contributed by atoms with Crippen LogP contribution >= 0.6 is 0 Å². The van der Waals surface area contributed by atoms with E-state index in [-0.39, 0.29) is 0 Å². The second-order valence-electron chi connectivity index (χ2n) is 4.88. The summed E-state index contributed by atoms with van der Waals surface area (Å²) in [7, 11) is 0. The van der Waals surface area contributed by atoms with Crippen LogP contribution in [0.25, 0.3) is 10.9 Å². The molecule has 89 valence electrons. The Kier molecular flexibility index (Phi) is 3.26. The predicted octanol–water partition coefficient (Wildman–Crippen LogP) is 3.37. The molecular formula is C15H18NSe. The molecule has 3 rings (SSSR count). The topological polar surface area (TPSA) is 15.8 Å². The third kappa shape index (κ3) is 2.43. The maximum atomic E-state index is 3.42. The van der Waals surface area contributed by atoms with Crippen molar-refractivity contribution in [3.05, 3.63) is 36.4 Å². The summed E-state index contributed by atoms with van der Waals surface area (Å²) in [5.41, 5.74) is 2.64. The van der Waals surface area contributed by atoms with Crippen LogP contribution < -0.4 is 4.46 Å². The molecule has 1 aliphatic rings. The molecule has 1 aromatic carbocycles. The van der Waals surface area contributed by atoms with E-state index in [9.17, 15) is 0 Å². The first kappa shape index (κ1) is 11.4. The molecule has 1 radical (unpaired) electrons. The normalized spacial score (nSPS) is 17.7. The van der Waals surface area contributed by atoms with Crippen LogP contribution in [0.4, 0.5) is 0 Å². The van der Waals surface area contributed by atoms with Crippen molar-refractivity contribution in [3.63, 3.8) is 0 Å². The monoisotopic (exact) mass is 292 g/mol. The van der Waals surface area contributed by atoms with Crippen molar-refractivity contribution in [1.29, 1.82) is 0 Å². The summed E-state index contributed by atoms with van der Waals surface area (Å²) in [6.07, 6.45) is 10.3. The molecule has 0 aliphatic heterocycles. The number of H-pyrrole nitrogens is 1. The van der Waals surface area contributed by atoms with E-state index >= 15 is 0 Å². The maximum absolute atomic E-state index is 3.42. The summed E-state index contributed by atoms with van der Waals surface area (Å²) in [4.78, 5) is 4.28. The van der Waals surface area contributed by atoms with Crippen molar-refractivity contribution in [2.45, 2.75) is 37.4 Å². The Morgan fingerprint density at radius 2 is 2.24 bits per heavy atom. The second-order valence-corrected chi connectivity index (χ2v) is 7.57. The van der Waals surface area contributed by atoms with Crippen molar-refractivity contribution in [2.75, 3.05) is 0 Å². The van der Waals surface area contributed by atoms with Gasteiger partial charge in [-0.05, 0) is 0 Å². The van der Waals surface area contributed by atoms with Crippen LogP contribution in [-0.4, -0.2) is 19.9 Å². The molecule has 1 aromatic heterocycles. The first-order valence-corrected chi connectivity index (χ1v) is 8.25. The van der Waals surface area contributed by atoms with Crippen molar-refractivity contribution < 1.29 is 0 Å². The van der Waals surface area contributed by atoms with Crippen molar-refractivity contribution >= 4 is 30.3 Å². The summed E-state index contributed by atoms with van der Waals surface area (Å²) < 4.78 is 1.55. The molecule has 1 N–H and O–H groups in total. The van der Waals surface area contributed by atoms with Gasteiger partial charge < -0.3 is 0 Å². The van der Waals surface area contributed by atoms with Gasteiger partial charge in [-0.2, -0.15) is 0 Å². The molecule has 0 saturated heterocycles. The number of aromatic nitrogens is 1. The molecule has 1 aliphatic carbocycles. The fraction of sp³-hybridized carbons (Fsp3) is 0.400. The molecule has 0 spiro atoms. The Morgan fingerprint density at radius 3 is 3.06 bits per heavy atom. The molecule has 0 bridgehead atoms. The first-order valence-electron chi connectivity index (χ1n) is 6.41. The number of aryl methyl sites for hydroxylation is 1. The van der Waals surface area contributed by atoms with Gasteiger partial charge in [-0.25, -0.2) is 0 Å². The van der Waals surface area contributed by atoms with Crippen LogP contribution in [0.1, 0.15) is 31.2 Å². The number of nitrogens with one attached hydrogen (secondary N) is 1. The Bertz CT molecular complexity index is 509. The zero-order valence-corrected chi connectivity index (χ0v) is 11.9. The summed E-state index contributed by atoms with van der Waals surface area (Å²) in [5.74, 6) is 0. The molecule has 0 amide bonds. The van der Waals surface area contributed by atoms with E-state index in [2.05, 4.69) is 42.7 Å². The van der Waals surface area contributed by atoms with Crippen molar-refractivity contribution in [1.82, 2.24) is 4.98 Å². The van der Waals surface area contributed by atoms with Crippen LogP contribution in [0.5, 0.6) is 0 Å². The Balaban J connectivity index is 1.84. The van der Waals surface area contributed by atoms with Crippen molar-refractivity contribution in [2.24, 2.45) is 0 Å². The molecule has 17 heavy (non-hydrogen) atoms. The van der Waals surface area contributed by atoms with Crippen LogP contribution in [0.2, 0.25) is 4.82 Å². The van der Waals surface area contributed by atoms with Crippen LogP contribution in [0.3, 0.4) is 0 Å². The molecule has 1 nitrogen and oxygen atoms in total. The number of fused-ring (bicyclic) bond motifs is 1. The fourth-order valence-corrected chi connectivity index (χ4v) is 5.17. The van der Waals surface area contributed by atoms with E-state index in [4.69, 9.17) is 0 Å². The number of hydrogen-bond donors (Lipinski definition) is 1. The Morgan fingerprint density at radius 1 is 1.29 bits per heavy atom. The van der Waals surface area contributed by atoms with Crippen LogP contribution in [0, 0.1) is 13.3 Å². The van der Waals surface area contributed by atoms with Gasteiger partial charge in [0.05, 0.1) is 0 Å². The van der Waals surface area contributed by atoms with E-state index in [0.717, 1.165) is 4.82 Å². The zero-order chi connectivity index (χ0) is 11.7. The summed E-state index contributed by atoms with van der Waals surface area (Å²) in [5, 5.41) is 1.44. The molecule has 1 fully saturated rings. The number of aromatic amines is 1. The Labute approximate surface area is 109 Å². The van der Waals surface area contributed by atoms with Gasteiger partial charge in [-0.1, -0.05) is 0 Å². The molecule has 2 aromatic rings. The summed E-state index contributed by atoms with van der Waals surface area (Å²) in [6.45, 7) is 2.15. The molecule has 1 unspecified atom stereocenters. The number of rotatable bonds is 2. The zero-order valence-electron chi connectivity index (χ0n) is 10.2.